The number of benzene rings is 3. The number of amides is 3. The molecule has 39 heavy (non-hydrogen) atoms. The molecule has 4 aliphatic rings. The number of nitro groups is 1. The predicted octanol–water partition coefficient (Wildman–Crippen LogP) is 3.35. The van der Waals surface area contributed by atoms with E-state index >= 15 is 0 Å². The van der Waals surface area contributed by atoms with Crippen LogP contribution in [-0.4, -0.2) is 41.5 Å². The molecule has 3 aromatic rings. The van der Waals surface area contributed by atoms with Crippen LogP contribution in [0.1, 0.15) is 5.56 Å². The van der Waals surface area contributed by atoms with Crippen molar-refractivity contribution in [2.75, 3.05) is 21.9 Å². The van der Waals surface area contributed by atoms with Gasteiger partial charge in [0.1, 0.15) is 6.04 Å². The van der Waals surface area contributed by atoms with Crippen molar-refractivity contribution in [1.29, 1.82) is 0 Å². The van der Waals surface area contributed by atoms with Gasteiger partial charge in [-0.05, 0) is 35.9 Å². The van der Waals surface area contributed by atoms with Crippen LogP contribution in [-0.2, 0) is 14.4 Å². The second kappa shape index (κ2) is 8.42. The molecule has 4 heterocycles. The fourth-order valence-electron chi connectivity index (χ4n) is 5.98. The summed E-state index contributed by atoms with van der Waals surface area (Å²) in [6.07, 6.45) is 3.78. The SMILES string of the molecule is O=C(Nc1ccc([N+](=O)[O-])cc1)[C@@H]1[C@@H]2C(=O)N(c3ccc4c(c3)OCO4)C(=O)[C@H]2[C@H]2C=Cc3ccccc3N21. The average molecular weight is 524 g/mol. The van der Waals surface area contributed by atoms with Crippen LogP contribution in [0.3, 0.4) is 0 Å². The molecule has 0 aromatic heterocycles. The molecule has 4 aliphatic heterocycles. The molecule has 11 heteroatoms. The number of hydrogen-bond donors (Lipinski definition) is 1. The van der Waals surface area contributed by atoms with Crippen LogP contribution in [0.4, 0.5) is 22.7 Å². The van der Waals surface area contributed by atoms with Crippen LogP contribution in [0.15, 0.2) is 72.8 Å². The van der Waals surface area contributed by atoms with Gasteiger partial charge in [0.15, 0.2) is 11.5 Å². The van der Waals surface area contributed by atoms with E-state index in [0.717, 1.165) is 16.2 Å². The molecule has 3 amide bonds. The maximum absolute atomic E-state index is 14.0. The maximum atomic E-state index is 14.0. The Morgan fingerprint density at radius 3 is 2.49 bits per heavy atom. The summed E-state index contributed by atoms with van der Waals surface area (Å²) in [5.74, 6) is -2.15. The largest absolute Gasteiger partial charge is 0.454 e. The number of non-ortho nitro benzene ring substituents is 1. The Kier molecular flexibility index (Phi) is 4.96. The molecule has 0 bridgehead atoms. The van der Waals surface area contributed by atoms with Gasteiger partial charge < -0.3 is 19.7 Å². The van der Waals surface area contributed by atoms with E-state index in [4.69, 9.17) is 9.47 Å². The number of ether oxygens (including phenoxy) is 2. The van der Waals surface area contributed by atoms with Gasteiger partial charge in [-0.15, -0.1) is 0 Å². The summed E-state index contributed by atoms with van der Waals surface area (Å²) in [5, 5.41) is 13.8. The highest BCUT2D eigenvalue weighted by molar-refractivity contribution is 6.25. The van der Waals surface area contributed by atoms with Crippen molar-refractivity contribution < 1.29 is 28.8 Å². The topological polar surface area (TPSA) is 131 Å². The summed E-state index contributed by atoms with van der Waals surface area (Å²) in [5.41, 5.74) is 2.20. The van der Waals surface area contributed by atoms with Crippen molar-refractivity contribution in [1.82, 2.24) is 0 Å². The van der Waals surface area contributed by atoms with Gasteiger partial charge in [0.05, 0.1) is 28.5 Å². The lowest BCUT2D eigenvalue weighted by atomic mass is 9.88. The van der Waals surface area contributed by atoms with E-state index in [2.05, 4.69) is 5.32 Å². The molecule has 1 N–H and O–H groups in total. The molecule has 3 aromatic carbocycles. The van der Waals surface area contributed by atoms with Crippen LogP contribution in [0.2, 0.25) is 0 Å². The van der Waals surface area contributed by atoms with E-state index in [1.807, 2.05) is 41.3 Å². The molecule has 4 atom stereocenters. The van der Waals surface area contributed by atoms with Crippen LogP contribution in [0.25, 0.3) is 6.08 Å². The van der Waals surface area contributed by atoms with Gasteiger partial charge in [-0.3, -0.25) is 24.5 Å². The highest BCUT2D eigenvalue weighted by Crippen LogP contribution is 2.50. The summed E-state index contributed by atoms with van der Waals surface area (Å²) < 4.78 is 10.8. The second-order valence-corrected chi connectivity index (χ2v) is 9.65. The Hall–Kier alpha value is -5.19. The zero-order valence-electron chi connectivity index (χ0n) is 20.2. The number of nitrogens with zero attached hydrogens (tertiary/aromatic N) is 3. The number of anilines is 3. The normalized spacial score (nSPS) is 23.9. The minimum atomic E-state index is -1.00. The third-order valence-corrected chi connectivity index (χ3v) is 7.64. The van der Waals surface area contributed by atoms with Crippen molar-refractivity contribution >= 4 is 46.5 Å². The number of carbonyl (C=O) groups excluding carboxylic acids is 3. The zero-order valence-corrected chi connectivity index (χ0v) is 20.2. The lowest BCUT2D eigenvalue weighted by Crippen LogP contribution is -2.50. The number of rotatable bonds is 4. The van der Waals surface area contributed by atoms with Crippen LogP contribution < -0.4 is 24.6 Å². The molecule has 7 rings (SSSR count). The molecule has 0 saturated carbocycles. The van der Waals surface area contributed by atoms with E-state index in [-0.39, 0.29) is 12.5 Å². The number of carbonyl (C=O) groups is 3. The molecule has 0 unspecified atom stereocenters. The molecule has 2 saturated heterocycles. The fourth-order valence-corrected chi connectivity index (χ4v) is 5.98. The Morgan fingerprint density at radius 1 is 0.949 bits per heavy atom. The third kappa shape index (κ3) is 3.39. The van der Waals surface area contributed by atoms with E-state index in [9.17, 15) is 24.5 Å². The molecule has 0 spiro atoms. The van der Waals surface area contributed by atoms with Gasteiger partial charge in [0.2, 0.25) is 24.5 Å². The first-order chi connectivity index (χ1) is 18.9. The molecular weight excluding hydrogens is 504 g/mol. The standard InChI is InChI=1S/C28H20N4O7/c33-26(29-16-6-8-17(9-7-16)32(36)37)25-24-23(20-11-5-15-3-1-2-4-19(15)31(20)25)27(34)30(28(24)35)18-10-12-21-22(13-18)39-14-38-21/h1-13,20,23-25H,14H2,(H,29,33)/t20-,23+,24-,25+/m1/s1. The first kappa shape index (κ1) is 23.0. The Morgan fingerprint density at radius 2 is 1.69 bits per heavy atom. The molecule has 0 radical (unpaired) electrons. The number of nitro benzene ring substituents is 1. The molecule has 11 nitrogen and oxygen atoms in total. The smallest absolute Gasteiger partial charge is 0.269 e. The van der Waals surface area contributed by atoms with Crippen LogP contribution in [0, 0.1) is 22.0 Å². The Labute approximate surface area is 221 Å². The summed E-state index contributed by atoms with van der Waals surface area (Å²) in [6, 6.07) is 16.3. The lowest BCUT2D eigenvalue weighted by Gasteiger charge is -2.36. The molecule has 194 valence electrons. The predicted molar refractivity (Wildman–Crippen MR) is 139 cm³/mol. The zero-order chi connectivity index (χ0) is 26.8. The molecular formula is C28H20N4O7. The van der Waals surface area contributed by atoms with E-state index in [1.165, 1.54) is 24.3 Å². The van der Waals surface area contributed by atoms with Gasteiger partial charge in [0.25, 0.3) is 5.69 Å². The van der Waals surface area contributed by atoms with Gasteiger partial charge in [-0.2, -0.15) is 0 Å². The maximum Gasteiger partial charge on any atom is 0.269 e. The lowest BCUT2D eigenvalue weighted by molar-refractivity contribution is -0.384. The van der Waals surface area contributed by atoms with Crippen molar-refractivity contribution in [3.63, 3.8) is 0 Å². The monoisotopic (exact) mass is 524 g/mol. The highest BCUT2D eigenvalue weighted by atomic mass is 16.7. The van der Waals surface area contributed by atoms with Gasteiger partial charge in [-0.25, -0.2) is 4.90 Å². The van der Waals surface area contributed by atoms with Gasteiger partial charge in [-0.1, -0.05) is 30.4 Å². The van der Waals surface area contributed by atoms with Crippen molar-refractivity contribution in [3.05, 3.63) is 88.5 Å². The number of nitrogens with one attached hydrogen (secondary N) is 1. The van der Waals surface area contributed by atoms with E-state index < -0.39 is 46.6 Å². The molecule has 0 aliphatic carbocycles. The number of fused-ring (bicyclic) bond motifs is 6. The van der Waals surface area contributed by atoms with Gasteiger partial charge in [0, 0.05) is 29.6 Å². The summed E-state index contributed by atoms with van der Waals surface area (Å²) >= 11 is 0. The first-order valence-corrected chi connectivity index (χ1v) is 12.3. The van der Waals surface area contributed by atoms with E-state index in [1.54, 1.807) is 18.2 Å². The highest BCUT2D eigenvalue weighted by Gasteiger charge is 2.64. The number of imide groups is 1. The minimum absolute atomic E-state index is 0.0536. The fraction of sp³-hybridized carbons (Fsp3) is 0.179. The van der Waals surface area contributed by atoms with Crippen molar-refractivity contribution in [2.24, 2.45) is 11.8 Å². The van der Waals surface area contributed by atoms with Gasteiger partial charge >= 0.3 is 0 Å². The average Bonchev–Trinajstić information content (AvgIpc) is 3.62. The summed E-state index contributed by atoms with van der Waals surface area (Å²) in [4.78, 5) is 55.2. The minimum Gasteiger partial charge on any atom is -0.454 e. The summed E-state index contributed by atoms with van der Waals surface area (Å²) in [6.45, 7) is 0.0536. The van der Waals surface area contributed by atoms with Crippen LogP contribution in [0.5, 0.6) is 11.5 Å². The van der Waals surface area contributed by atoms with Crippen molar-refractivity contribution in [3.8, 4) is 11.5 Å². The quantitative estimate of drug-likeness (QED) is 0.312. The Bertz CT molecular complexity index is 1600. The molecule has 2 fully saturated rings. The van der Waals surface area contributed by atoms with Crippen molar-refractivity contribution in [2.45, 2.75) is 12.1 Å². The van der Waals surface area contributed by atoms with E-state index in [0.29, 0.717) is 22.9 Å². The summed E-state index contributed by atoms with van der Waals surface area (Å²) in [7, 11) is 0. The van der Waals surface area contributed by atoms with Crippen LogP contribution >= 0.6 is 0 Å². The number of hydrogen-bond acceptors (Lipinski definition) is 8. The first-order valence-electron chi connectivity index (χ1n) is 12.3. The second-order valence-electron chi connectivity index (χ2n) is 9.65. The third-order valence-electron chi connectivity index (χ3n) is 7.64. The Balaban J connectivity index is 1.28. The number of para-hydroxylation sites is 1.